The molecule has 0 radical (unpaired) electrons. The summed E-state index contributed by atoms with van der Waals surface area (Å²) in [6.45, 7) is 1.81. The second-order valence-corrected chi connectivity index (χ2v) is 10.5. The summed E-state index contributed by atoms with van der Waals surface area (Å²) in [4.78, 5) is 28.7. The molecular formula is C25H22ClFN4O2S2. The number of benzene rings is 2. The highest BCUT2D eigenvalue weighted by molar-refractivity contribution is 7.15. The van der Waals surface area contributed by atoms with Crippen LogP contribution in [0.15, 0.2) is 60.1 Å². The van der Waals surface area contributed by atoms with Crippen molar-refractivity contribution in [2.75, 3.05) is 19.4 Å². The zero-order valence-corrected chi connectivity index (χ0v) is 21.5. The van der Waals surface area contributed by atoms with E-state index in [1.165, 1.54) is 39.7 Å². The molecule has 6 nitrogen and oxygen atoms in total. The Morgan fingerprint density at radius 2 is 1.91 bits per heavy atom. The van der Waals surface area contributed by atoms with Crippen molar-refractivity contribution < 1.29 is 14.0 Å². The second-order valence-electron chi connectivity index (χ2n) is 8.15. The second kappa shape index (κ2) is 10.6. The summed E-state index contributed by atoms with van der Waals surface area (Å²) in [7, 11) is 3.35. The lowest BCUT2D eigenvalue weighted by atomic mass is 9.85. The number of amides is 2. The first kappa shape index (κ1) is 25.0. The molecule has 0 aliphatic rings. The van der Waals surface area contributed by atoms with Gasteiger partial charge in [-0.1, -0.05) is 48.1 Å². The van der Waals surface area contributed by atoms with E-state index < -0.39 is 5.92 Å². The molecule has 0 fully saturated rings. The van der Waals surface area contributed by atoms with E-state index in [0.29, 0.717) is 21.3 Å². The molecule has 4 aromatic rings. The maximum absolute atomic E-state index is 14.1. The average molecular weight is 529 g/mol. The Morgan fingerprint density at radius 3 is 2.57 bits per heavy atom. The lowest BCUT2D eigenvalue weighted by Crippen LogP contribution is -2.26. The molecule has 2 atom stereocenters. The van der Waals surface area contributed by atoms with Gasteiger partial charge in [-0.2, -0.15) is 0 Å². The standard InChI is InChI=1S/C25H22ClFN4O2S2/c1-14(23(32)29-25-30-28-13-34-25)22(16-5-4-6-17(27)11-16)21-10-9-20(35-21)15-7-8-18(19(26)12-15)24(33)31(2)3/h4-14,22H,1-3H3,(H,29,30,32)/t14-,22-/m0/s1. The van der Waals surface area contributed by atoms with Crippen molar-refractivity contribution in [1.29, 1.82) is 0 Å². The van der Waals surface area contributed by atoms with Gasteiger partial charge in [0, 0.05) is 35.7 Å². The van der Waals surface area contributed by atoms with Crippen molar-refractivity contribution in [1.82, 2.24) is 15.1 Å². The molecule has 4 rings (SSSR count). The SMILES string of the molecule is C[C@H](C(=O)Nc1nncs1)[C@@H](c1cccc(F)c1)c1ccc(-c2ccc(C(=O)N(C)C)c(Cl)c2)s1. The number of thiophene rings is 1. The van der Waals surface area contributed by atoms with E-state index in [0.717, 1.165) is 15.3 Å². The van der Waals surface area contributed by atoms with E-state index in [2.05, 4.69) is 15.5 Å². The molecule has 0 saturated heterocycles. The highest BCUT2D eigenvalue weighted by Crippen LogP contribution is 2.40. The van der Waals surface area contributed by atoms with E-state index in [-0.39, 0.29) is 23.5 Å². The minimum absolute atomic E-state index is 0.171. The molecule has 2 aromatic heterocycles. The van der Waals surface area contributed by atoms with Gasteiger partial charge in [0.1, 0.15) is 11.3 Å². The van der Waals surface area contributed by atoms with Crippen LogP contribution in [0.5, 0.6) is 0 Å². The van der Waals surface area contributed by atoms with Gasteiger partial charge in [0.15, 0.2) is 0 Å². The summed E-state index contributed by atoms with van der Waals surface area (Å²) in [6, 6.07) is 15.5. The molecule has 10 heteroatoms. The Hall–Kier alpha value is -3.14. The first-order valence-electron chi connectivity index (χ1n) is 10.7. The fourth-order valence-corrected chi connectivity index (χ4v) is 5.70. The Kier molecular flexibility index (Phi) is 7.59. The molecule has 0 unspecified atom stereocenters. The van der Waals surface area contributed by atoms with Crippen molar-refractivity contribution in [3.05, 3.63) is 87.0 Å². The number of halogens is 2. The van der Waals surface area contributed by atoms with E-state index >= 15 is 0 Å². The largest absolute Gasteiger partial charge is 0.345 e. The number of aromatic nitrogens is 2. The first-order chi connectivity index (χ1) is 16.7. The third kappa shape index (κ3) is 5.58. The molecule has 0 spiro atoms. The minimum atomic E-state index is -0.518. The minimum Gasteiger partial charge on any atom is -0.345 e. The number of rotatable bonds is 7. The van der Waals surface area contributed by atoms with Crippen molar-refractivity contribution in [3.8, 4) is 10.4 Å². The van der Waals surface area contributed by atoms with E-state index in [1.807, 2.05) is 31.2 Å². The first-order valence-corrected chi connectivity index (χ1v) is 12.8. The normalized spacial score (nSPS) is 12.7. The maximum atomic E-state index is 14.1. The van der Waals surface area contributed by atoms with Gasteiger partial charge < -0.3 is 10.2 Å². The number of hydrogen-bond donors (Lipinski definition) is 1. The maximum Gasteiger partial charge on any atom is 0.254 e. The number of nitrogens with zero attached hydrogens (tertiary/aromatic N) is 3. The lowest BCUT2D eigenvalue weighted by Gasteiger charge is -2.22. The zero-order valence-electron chi connectivity index (χ0n) is 19.2. The van der Waals surface area contributed by atoms with E-state index in [1.54, 1.807) is 37.8 Å². The number of nitrogens with one attached hydrogen (secondary N) is 1. The molecule has 35 heavy (non-hydrogen) atoms. The van der Waals surface area contributed by atoms with Gasteiger partial charge in [-0.25, -0.2) is 4.39 Å². The number of anilines is 1. The number of carbonyl (C=O) groups excluding carboxylic acids is 2. The van der Waals surface area contributed by atoms with Crippen LogP contribution in [0.25, 0.3) is 10.4 Å². The van der Waals surface area contributed by atoms with Crippen molar-refractivity contribution in [2.24, 2.45) is 5.92 Å². The highest BCUT2D eigenvalue weighted by atomic mass is 35.5. The predicted octanol–water partition coefficient (Wildman–Crippen LogP) is 6.17. The monoisotopic (exact) mass is 528 g/mol. The van der Waals surface area contributed by atoms with Crippen LogP contribution in [0.2, 0.25) is 5.02 Å². The van der Waals surface area contributed by atoms with Crippen LogP contribution >= 0.6 is 34.3 Å². The fraction of sp³-hybridized carbons (Fsp3) is 0.200. The van der Waals surface area contributed by atoms with Crippen LogP contribution in [0.1, 0.15) is 33.6 Å². The third-order valence-corrected chi connectivity index (χ3v) is 7.67. The summed E-state index contributed by atoms with van der Waals surface area (Å²) in [5.41, 5.74) is 3.52. The summed E-state index contributed by atoms with van der Waals surface area (Å²) < 4.78 is 14.1. The van der Waals surface area contributed by atoms with Crippen LogP contribution in [0.3, 0.4) is 0 Å². The summed E-state index contributed by atoms with van der Waals surface area (Å²) in [5.74, 6) is -1.68. The molecule has 0 aliphatic heterocycles. The lowest BCUT2D eigenvalue weighted by molar-refractivity contribution is -0.119. The molecule has 1 N–H and O–H groups in total. The Labute approximate surface area is 215 Å². The predicted molar refractivity (Wildman–Crippen MR) is 139 cm³/mol. The average Bonchev–Trinajstić information content (AvgIpc) is 3.51. The van der Waals surface area contributed by atoms with Crippen LogP contribution in [-0.2, 0) is 4.79 Å². The third-order valence-electron chi connectivity index (χ3n) is 5.54. The summed E-state index contributed by atoms with van der Waals surface area (Å²) in [6.07, 6.45) is 0. The molecule has 2 amide bonds. The summed E-state index contributed by atoms with van der Waals surface area (Å²) in [5, 5.41) is 11.2. The van der Waals surface area contributed by atoms with Gasteiger partial charge >= 0.3 is 0 Å². The molecule has 0 bridgehead atoms. The van der Waals surface area contributed by atoms with E-state index in [9.17, 15) is 14.0 Å². The fourth-order valence-electron chi connectivity index (χ4n) is 3.76. The molecule has 0 saturated carbocycles. The van der Waals surface area contributed by atoms with Crippen LogP contribution < -0.4 is 5.32 Å². The van der Waals surface area contributed by atoms with Crippen LogP contribution in [0.4, 0.5) is 9.52 Å². The molecule has 2 aromatic carbocycles. The highest BCUT2D eigenvalue weighted by Gasteiger charge is 2.29. The Morgan fingerprint density at radius 1 is 1.11 bits per heavy atom. The van der Waals surface area contributed by atoms with Gasteiger partial charge in [-0.15, -0.1) is 21.5 Å². The van der Waals surface area contributed by atoms with Crippen molar-refractivity contribution in [3.63, 3.8) is 0 Å². The van der Waals surface area contributed by atoms with Gasteiger partial charge in [0.05, 0.1) is 10.6 Å². The smallest absolute Gasteiger partial charge is 0.254 e. The Balaban J connectivity index is 1.68. The molecule has 180 valence electrons. The molecule has 2 heterocycles. The molecular weight excluding hydrogens is 507 g/mol. The van der Waals surface area contributed by atoms with Gasteiger partial charge in [-0.05, 0) is 47.5 Å². The van der Waals surface area contributed by atoms with Crippen LogP contribution in [0, 0.1) is 11.7 Å². The zero-order chi connectivity index (χ0) is 25.1. The van der Waals surface area contributed by atoms with Gasteiger partial charge in [-0.3, -0.25) is 9.59 Å². The van der Waals surface area contributed by atoms with E-state index in [4.69, 9.17) is 11.6 Å². The van der Waals surface area contributed by atoms with Crippen molar-refractivity contribution >= 4 is 51.2 Å². The number of hydrogen-bond acceptors (Lipinski definition) is 6. The number of carbonyl (C=O) groups is 2. The molecule has 0 aliphatic carbocycles. The van der Waals surface area contributed by atoms with Gasteiger partial charge in [0.2, 0.25) is 11.0 Å². The van der Waals surface area contributed by atoms with Crippen molar-refractivity contribution in [2.45, 2.75) is 12.8 Å². The topological polar surface area (TPSA) is 75.2 Å². The Bertz CT molecular complexity index is 1360. The van der Waals surface area contributed by atoms with Crippen LogP contribution in [-0.4, -0.2) is 41.0 Å². The summed E-state index contributed by atoms with van der Waals surface area (Å²) >= 11 is 9.14. The quantitative estimate of drug-likeness (QED) is 0.311. The van der Waals surface area contributed by atoms with Gasteiger partial charge in [0.25, 0.3) is 5.91 Å².